The number of hydrogen-bond acceptors (Lipinski definition) is 2. The number of carbonyl (C=O) groups is 1. The van der Waals surface area contributed by atoms with E-state index in [-0.39, 0.29) is 18.2 Å². The number of benzene rings is 1. The first-order valence-electron chi connectivity index (χ1n) is 7.05. The number of nitrogens with one attached hydrogen (secondary N) is 2. The summed E-state index contributed by atoms with van der Waals surface area (Å²) in [6.07, 6.45) is 1.05. The van der Waals surface area contributed by atoms with Gasteiger partial charge < -0.3 is 15.0 Å². The van der Waals surface area contributed by atoms with Gasteiger partial charge in [-0.05, 0) is 43.4 Å². The lowest BCUT2D eigenvalue weighted by Crippen LogP contribution is -2.37. The number of aromatic nitrogens is 1. The van der Waals surface area contributed by atoms with E-state index < -0.39 is 0 Å². The van der Waals surface area contributed by atoms with Crippen LogP contribution in [0.3, 0.4) is 0 Å². The predicted molar refractivity (Wildman–Crippen MR) is 80.5 cm³/mol. The quantitative estimate of drug-likeness (QED) is 0.831. The normalized spacial score (nSPS) is 16.8. The number of carbonyl (C=O) groups excluding carboxylic acids is 1. The first kappa shape index (κ1) is 13.5. The van der Waals surface area contributed by atoms with Crippen LogP contribution in [0.5, 0.6) is 0 Å². The summed E-state index contributed by atoms with van der Waals surface area (Å²) < 4.78 is 5.11. The summed E-state index contributed by atoms with van der Waals surface area (Å²) >= 11 is 0. The minimum atomic E-state index is -0.369. The fraction of sp³-hybridized carbons (Fsp3) is 0.375. The Kier molecular flexibility index (Phi) is 3.30. The molecule has 0 fully saturated rings. The van der Waals surface area contributed by atoms with Crippen molar-refractivity contribution >= 4 is 22.7 Å². The first-order chi connectivity index (χ1) is 10.1. The van der Waals surface area contributed by atoms with E-state index in [4.69, 9.17) is 11.3 Å². The SMILES string of the molecule is [C-]#[N+]c1ccc2[nH]c3c(c2c1)C[C@H](NC(=O)OC(C)C)C3. The van der Waals surface area contributed by atoms with E-state index in [1.165, 1.54) is 5.56 Å². The van der Waals surface area contributed by atoms with Crippen molar-refractivity contribution in [3.63, 3.8) is 0 Å². The highest BCUT2D eigenvalue weighted by Crippen LogP contribution is 2.32. The monoisotopic (exact) mass is 283 g/mol. The summed E-state index contributed by atoms with van der Waals surface area (Å²) in [5.41, 5.74) is 4.03. The van der Waals surface area contributed by atoms with Gasteiger partial charge >= 0.3 is 6.09 Å². The molecule has 1 amide bonds. The second-order valence-electron chi connectivity index (χ2n) is 5.63. The molecule has 1 heterocycles. The molecule has 0 radical (unpaired) electrons. The minimum absolute atomic E-state index is 0.0542. The fourth-order valence-electron chi connectivity index (χ4n) is 2.85. The van der Waals surface area contributed by atoms with Gasteiger partial charge in [-0.15, -0.1) is 0 Å². The summed E-state index contributed by atoms with van der Waals surface area (Å²) in [7, 11) is 0. The van der Waals surface area contributed by atoms with E-state index in [1.54, 1.807) is 0 Å². The zero-order valence-corrected chi connectivity index (χ0v) is 12.1. The van der Waals surface area contributed by atoms with Crippen molar-refractivity contribution in [2.75, 3.05) is 0 Å². The van der Waals surface area contributed by atoms with Gasteiger partial charge in [-0.2, -0.15) is 0 Å². The van der Waals surface area contributed by atoms with Crippen LogP contribution in [0.25, 0.3) is 15.7 Å². The average molecular weight is 283 g/mol. The highest BCUT2D eigenvalue weighted by molar-refractivity contribution is 5.88. The van der Waals surface area contributed by atoms with Crippen molar-refractivity contribution in [2.45, 2.75) is 38.8 Å². The standard InChI is InChI=1S/C16H17N3O2/c1-9(2)21-16(20)18-11-7-13-12-6-10(17-3)4-5-14(12)19-15(13)8-11/h4-6,9,11,19H,7-8H2,1-2H3,(H,18,20)/t11-/m0/s1. The number of H-pyrrole nitrogens is 1. The van der Waals surface area contributed by atoms with E-state index in [0.717, 1.165) is 29.4 Å². The molecule has 5 heteroatoms. The van der Waals surface area contributed by atoms with Gasteiger partial charge in [0.25, 0.3) is 0 Å². The summed E-state index contributed by atoms with van der Waals surface area (Å²) in [5.74, 6) is 0. The van der Waals surface area contributed by atoms with E-state index in [2.05, 4.69) is 15.1 Å². The summed E-state index contributed by atoms with van der Waals surface area (Å²) in [6, 6.07) is 5.72. The largest absolute Gasteiger partial charge is 0.447 e. The van der Waals surface area contributed by atoms with Crippen LogP contribution in [0, 0.1) is 6.57 Å². The van der Waals surface area contributed by atoms with Crippen LogP contribution < -0.4 is 5.32 Å². The van der Waals surface area contributed by atoms with E-state index in [9.17, 15) is 4.79 Å². The third-order valence-corrected chi connectivity index (χ3v) is 3.67. The fourth-order valence-corrected chi connectivity index (χ4v) is 2.85. The number of alkyl carbamates (subject to hydrolysis) is 1. The van der Waals surface area contributed by atoms with Crippen molar-refractivity contribution in [2.24, 2.45) is 0 Å². The molecule has 0 saturated heterocycles. The molecule has 1 aromatic carbocycles. The molecule has 5 nitrogen and oxygen atoms in total. The molecule has 108 valence electrons. The number of hydrogen-bond donors (Lipinski definition) is 2. The van der Waals surface area contributed by atoms with E-state index in [1.807, 2.05) is 32.0 Å². The second-order valence-corrected chi connectivity index (χ2v) is 5.63. The molecule has 0 unspecified atom stereocenters. The van der Waals surface area contributed by atoms with E-state index in [0.29, 0.717) is 5.69 Å². The number of amides is 1. The molecule has 2 N–H and O–H groups in total. The number of nitrogens with zero attached hydrogens (tertiary/aromatic N) is 1. The van der Waals surface area contributed by atoms with Gasteiger partial charge in [-0.1, -0.05) is 6.07 Å². The average Bonchev–Trinajstić information content (AvgIpc) is 2.94. The van der Waals surface area contributed by atoms with Gasteiger partial charge in [0, 0.05) is 23.7 Å². The zero-order valence-electron chi connectivity index (χ0n) is 12.1. The van der Waals surface area contributed by atoms with Gasteiger partial charge in [0.1, 0.15) is 0 Å². The summed E-state index contributed by atoms with van der Waals surface area (Å²) in [6.45, 7) is 10.8. The smallest absolute Gasteiger partial charge is 0.407 e. The van der Waals surface area contributed by atoms with Gasteiger partial charge in [0.15, 0.2) is 5.69 Å². The highest BCUT2D eigenvalue weighted by atomic mass is 16.6. The van der Waals surface area contributed by atoms with Crippen LogP contribution in [0.2, 0.25) is 0 Å². The number of ether oxygens (including phenoxy) is 1. The van der Waals surface area contributed by atoms with Gasteiger partial charge in [-0.25, -0.2) is 9.64 Å². The second kappa shape index (κ2) is 5.13. The molecule has 1 aromatic heterocycles. The Morgan fingerprint density at radius 3 is 3.00 bits per heavy atom. The molecule has 2 aromatic rings. The molecule has 0 spiro atoms. The van der Waals surface area contributed by atoms with Crippen LogP contribution in [-0.2, 0) is 17.6 Å². The Balaban J connectivity index is 1.79. The number of aromatic amines is 1. The Bertz CT molecular complexity index is 740. The molecule has 0 bridgehead atoms. The Hall–Kier alpha value is -2.48. The molecule has 3 rings (SSSR count). The van der Waals surface area contributed by atoms with Crippen molar-refractivity contribution in [1.82, 2.24) is 10.3 Å². The molecule has 1 aliphatic carbocycles. The molecule has 1 aliphatic rings. The molecular weight excluding hydrogens is 266 g/mol. The Morgan fingerprint density at radius 2 is 2.29 bits per heavy atom. The predicted octanol–water partition coefficient (Wildman–Crippen LogP) is 3.32. The van der Waals surface area contributed by atoms with Crippen molar-refractivity contribution < 1.29 is 9.53 Å². The maximum atomic E-state index is 11.7. The molecule has 1 atom stereocenters. The zero-order chi connectivity index (χ0) is 15.0. The van der Waals surface area contributed by atoms with Crippen LogP contribution in [0.15, 0.2) is 18.2 Å². The van der Waals surface area contributed by atoms with Crippen molar-refractivity contribution in [3.8, 4) is 0 Å². The van der Waals surface area contributed by atoms with Crippen molar-refractivity contribution in [1.29, 1.82) is 0 Å². The van der Waals surface area contributed by atoms with Gasteiger partial charge in [0.2, 0.25) is 0 Å². The lowest BCUT2D eigenvalue weighted by Gasteiger charge is -2.14. The highest BCUT2D eigenvalue weighted by Gasteiger charge is 2.27. The van der Waals surface area contributed by atoms with Crippen molar-refractivity contribution in [3.05, 3.63) is 40.9 Å². The molecule has 0 aliphatic heterocycles. The maximum Gasteiger partial charge on any atom is 0.407 e. The first-order valence-corrected chi connectivity index (χ1v) is 7.05. The third-order valence-electron chi connectivity index (χ3n) is 3.67. The molecule has 0 saturated carbocycles. The van der Waals surface area contributed by atoms with E-state index >= 15 is 0 Å². The Labute approximate surface area is 123 Å². The maximum absolute atomic E-state index is 11.7. The molecular formula is C16H17N3O2. The minimum Gasteiger partial charge on any atom is -0.447 e. The topological polar surface area (TPSA) is 58.5 Å². The van der Waals surface area contributed by atoms with Gasteiger partial charge in [0.05, 0.1) is 12.7 Å². The molecule has 21 heavy (non-hydrogen) atoms. The van der Waals surface area contributed by atoms with Crippen LogP contribution in [0.1, 0.15) is 25.1 Å². The number of rotatable bonds is 2. The van der Waals surface area contributed by atoms with Gasteiger partial charge in [-0.3, -0.25) is 0 Å². The third kappa shape index (κ3) is 2.57. The van der Waals surface area contributed by atoms with Crippen LogP contribution in [-0.4, -0.2) is 23.2 Å². The Morgan fingerprint density at radius 1 is 1.48 bits per heavy atom. The summed E-state index contributed by atoms with van der Waals surface area (Å²) in [5, 5.41) is 3.98. The van der Waals surface area contributed by atoms with Crippen LogP contribution in [0.4, 0.5) is 10.5 Å². The lowest BCUT2D eigenvalue weighted by molar-refractivity contribution is 0.112. The number of fused-ring (bicyclic) bond motifs is 3. The van der Waals surface area contributed by atoms with Crippen LogP contribution >= 0.6 is 0 Å². The lowest BCUT2D eigenvalue weighted by atomic mass is 10.1. The summed E-state index contributed by atoms with van der Waals surface area (Å²) in [4.78, 5) is 18.5.